The van der Waals surface area contributed by atoms with Gasteiger partial charge in [-0.1, -0.05) is 0 Å². The van der Waals surface area contributed by atoms with Crippen LogP contribution in [0.2, 0.25) is 0 Å². The van der Waals surface area contributed by atoms with Gasteiger partial charge in [0.15, 0.2) is 6.04 Å². The van der Waals surface area contributed by atoms with E-state index in [9.17, 15) is 0 Å². The monoisotopic (exact) mass is 204 g/mol. The van der Waals surface area contributed by atoms with Crippen molar-refractivity contribution in [1.29, 1.82) is 0 Å². The molecule has 0 saturated heterocycles. The van der Waals surface area contributed by atoms with Gasteiger partial charge in [-0.25, -0.2) is 0 Å². The number of aliphatic hydroxyl groups excluding tert-OH is 2. The van der Waals surface area contributed by atoms with Crippen molar-refractivity contribution in [3.8, 4) is 0 Å². The van der Waals surface area contributed by atoms with Crippen LogP contribution in [-0.2, 0) is 0 Å². The minimum Gasteiger partial charge on any atom is -1.00 e. The Bertz CT molecular complexity index is 105. The maximum atomic E-state index is 9.08. The summed E-state index contributed by atoms with van der Waals surface area (Å²) in [4.78, 5) is 0. The molecule has 8 N–H and O–H groups in total. The summed E-state index contributed by atoms with van der Waals surface area (Å²) in [6.07, 6.45) is -0.683. The highest BCUT2D eigenvalue weighted by Crippen LogP contribution is 2.14. The number of halogens is 2. The second-order valence-electron chi connectivity index (χ2n) is 2.72. The van der Waals surface area contributed by atoms with Crippen LogP contribution in [0.1, 0.15) is 6.42 Å². The van der Waals surface area contributed by atoms with Gasteiger partial charge in [-0.3, -0.25) is 0 Å². The summed E-state index contributed by atoms with van der Waals surface area (Å²) in [5, 5.41) is 18.1. The first-order valence-corrected chi connectivity index (χ1v) is 3.15. The van der Waals surface area contributed by atoms with Gasteiger partial charge in [0.1, 0.15) is 12.1 Å². The minimum atomic E-state index is -0.660. The third-order valence-electron chi connectivity index (χ3n) is 1.98. The molecule has 0 bridgehead atoms. The van der Waals surface area contributed by atoms with Crippen molar-refractivity contribution in [2.45, 2.75) is 30.7 Å². The molecular formula is C5H14Cl2N2O2. The molecule has 0 spiro atoms. The number of hydrogen-bond acceptors (Lipinski definition) is 2. The largest absolute Gasteiger partial charge is 1.00 e. The van der Waals surface area contributed by atoms with E-state index in [1.54, 1.807) is 0 Å². The van der Waals surface area contributed by atoms with Crippen molar-refractivity contribution in [1.82, 2.24) is 0 Å². The van der Waals surface area contributed by atoms with Crippen molar-refractivity contribution >= 4 is 0 Å². The van der Waals surface area contributed by atoms with Crippen molar-refractivity contribution in [2.24, 2.45) is 0 Å². The molecule has 70 valence electrons. The second-order valence-corrected chi connectivity index (χ2v) is 2.72. The smallest absolute Gasteiger partial charge is 0.165 e. The van der Waals surface area contributed by atoms with Crippen molar-refractivity contribution in [2.75, 3.05) is 0 Å². The molecular weight excluding hydrogens is 191 g/mol. The molecule has 1 saturated carbocycles. The van der Waals surface area contributed by atoms with Gasteiger partial charge in [-0.15, -0.1) is 0 Å². The van der Waals surface area contributed by atoms with Crippen LogP contribution in [0.15, 0.2) is 0 Å². The maximum absolute atomic E-state index is 9.08. The molecule has 1 fully saturated rings. The summed E-state index contributed by atoms with van der Waals surface area (Å²) in [6, 6.07) is 0.00926. The lowest BCUT2D eigenvalue weighted by atomic mass is 10.2. The first kappa shape index (κ1) is 14.0. The number of rotatable bonds is 0. The van der Waals surface area contributed by atoms with Gasteiger partial charge >= 0.3 is 0 Å². The number of aliphatic hydroxyl groups is 2. The average Bonchev–Trinajstić information content (AvgIpc) is 1.98. The fraction of sp³-hybridized carbons (Fsp3) is 1.00. The maximum Gasteiger partial charge on any atom is 0.165 e. The first-order chi connectivity index (χ1) is 4.13. The number of hydrogen-bond donors (Lipinski definition) is 4. The normalized spacial score (nSPS) is 42.5. The van der Waals surface area contributed by atoms with Crippen LogP contribution in [0, 0.1) is 0 Å². The Kier molecular flexibility index (Phi) is 6.52. The lowest BCUT2D eigenvalue weighted by Crippen LogP contribution is -3.00. The molecule has 0 aromatic carbocycles. The summed E-state index contributed by atoms with van der Waals surface area (Å²) in [5.41, 5.74) is 7.41. The van der Waals surface area contributed by atoms with Crippen LogP contribution in [0.25, 0.3) is 0 Å². The van der Waals surface area contributed by atoms with E-state index in [-0.39, 0.29) is 36.9 Å². The first-order valence-electron chi connectivity index (χ1n) is 3.15. The Labute approximate surface area is 77.8 Å². The van der Waals surface area contributed by atoms with Gasteiger partial charge < -0.3 is 46.5 Å². The summed E-state index contributed by atoms with van der Waals surface area (Å²) >= 11 is 0. The molecule has 11 heavy (non-hydrogen) atoms. The van der Waals surface area contributed by atoms with Gasteiger partial charge in [-0.2, -0.15) is 0 Å². The summed E-state index contributed by atoms with van der Waals surface area (Å²) < 4.78 is 0. The van der Waals surface area contributed by atoms with Crippen molar-refractivity contribution < 1.29 is 46.5 Å². The zero-order valence-electron chi connectivity index (χ0n) is 6.08. The van der Waals surface area contributed by atoms with Gasteiger partial charge in [0.05, 0.1) is 6.10 Å². The van der Waals surface area contributed by atoms with Crippen LogP contribution in [-0.4, -0.2) is 34.5 Å². The van der Waals surface area contributed by atoms with E-state index in [2.05, 4.69) is 11.5 Å². The highest BCUT2D eigenvalue weighted by atomic mass is 35.5. The minimum absolute atomic E-state index is 0. The van der Waals surface area contributed by atoms with Crippen LogP contribution in [0.4, 0.5) is 0 Å². The number of quaternary nitrogens is 2. The molecule has 0 amide bonds. The molecule has 0 aromatic heterocycles. The van der Waals surface area contributed by atoms with Crippen LogP contribution >= 0.6 is 0 Å². The Balaban J connectivity index is 0. The van der Waals surface area contributed by atoms with Crippen LogP contribution in [0.3, 0.4) is 0 Å². The third kappa shape index (κ3) is 2.74. The van der Waals surface area contributed by atoms with Gasteiger partial charge in [0.2, 0.25) is 0 Å². The van der Waals surface area contributed by atoms with E-state index >= 15 is 0 Å². The van der Waals surface area contributed by atoms with Crippen LogP contribution < -0.4 is 36.3 Å². The van der Waals surface area contributed by atoms with Crippen molar-refractivity contribution in [3.63, 3.8) is 0 Å². The van der Waals surface area contributed by atoms with E-state index in [0.717, 1.165) is 0 Å². The predicted octanol–water partition coefficient (Wildman–Crippen LogP) is -9.66. The fourth-order valence-electron chi connectivity index (χ4n) is 1.19. The Morgan fingerprint density at radius 2 is 1.55 bits per heavy atom. The summed E-state index contributed by atoms with van der Waals surface area (Å²) in [6.45, 7) is 0. The molecule has 0 aromatic rings. The Hall–Kier alpha value is 0.420. The molecule has 4 nitrogen and oxygen atoms in total. The average molecular weight is 205 g/mol. The molecule has 4 atom stereocenters. The topological polar surface area (TPSA) is 95.7 Å². The molecule has 1 aliphatic rings. The van der Waals surface area contributed by atoms with Gasteiger partial charge in [0.25, 0.3) is 0 Å². The molecule has 1 rings (SSSR count). The molecule has 0 heterocycles. The molecule has 0 aliphatic heterocycles. The Morgan fingerprint density at radius 3 is 1.64 bits per heavy atom. The second kappa shape index (κ2) is 5.13. The fourth-order valence-corrected chi connectivity index (χ4v) is 1.19. The zero-order valence-corrected chi connectivity index (χ0v) is 7.59. The molecule has 1 aliphatic carbocycles. The zero-order chi connectivity index (χ0) is 7.02. The van der Waals surface area contributed by atoms with Crippen LogP contribution in [0.5, 0.6) is 0 Å². The third-order valence-corrected chi connectivity index (χ3v) is 1.98. The quantitative estimate of drug-likeness (QED) is 0.316. The highest BCUT2D eigenvalue weighted by molar-refractivity contribution is 4.88. The van der Waals surface area contributed by atoms with E-state index in [1.807, 2.05) is 0 Å². The highest BCUT2D eigenvalue weighted by Gasteiger charge is 2.42. The standard InChI is InChI=1S/C5H12N2O2.2ClH/c6-2-1-3(8)5(9)4(2)7;;/h2-5,8-9H,1,6-7H2;2*1H/t2-,3-,4+,5-;;/m0../s1. The molecule has 0 radical (unpaired) electrons. The van der Waals surface area contributed by atoms with E-state index < -0.39 is 12.2 Å². The Morgan fingerprint density at radius 1 is 1.09 bits per heavy atom. The SMILES string of the molecule is [Cl-].[Cl-].[NH3+][C@H]1[C@@H](O)[C@@H](O)C[C@@H]1[NH3+]. The van der Waals surface area contributed by atoms with Gasteiger partial charge in [-0.05, 0) is 0 Å². The lowest BCUT2D eigenvalue weighted by molar-refractivity contribution is -0.528. The van der Waals surface area contributed by atoms with E-state index in [1.165, 1.54) is 0 Å². The van der Waals surface area contributed by atoms with Crippen molar-refractivity contribution in [3.05, 3.63) is 0 Å². The predicted molar refractivity (Wildman–Crippen MR) is 30.0 cm³/mol. The summed E-state index contributed by atoms with van der Waals surface area (Å²) in [7, 11) is 0. The molecule has 6 heteroatoms. The molecule has 0 unspecified atom stereocenters. The summed E-state index contributed by atoms with van der Waals surface area (Å²) in [5.74, 6) is 0. The lowest BCUT2D eigenvalue weighted by Gasteiger charge is -2.07. The van der Waals surface area contributed by atoms with E-state index in [0.29, 0.717) is 6.42 Å². The van der Waals surface area contributed by atoms with Gasteiger partial charge in [0, 0.05) is 6.42 Å². The van der Waals surface area contributed by atoms with E-state index in [4.69, 9.17) is 10.2 Å².